The number of benzene rings is 1. The van der Waals surface area contributed by atoms with Crippen LogP contribution in [-0.2, 0) is 17.8 Å². The fraction of sp³-hybridized carbons (Fsp3) is 0.500. The van der Waals surface area contributed by atoms with E-state index >= 15 is 0 Å². The third-order valence-electron chi connectivity index (χ3n) is 5.70. The van der Waals surface area contributed by atoms with E-state index in [9.17, 15) is 4.79 Å². The van der Waals surface area contributed by atoms with Crippen LogP contribution in [0.25, 0.3) is 0 Å². The highest BCUT2D eigenvalue weighted by molar-refractivity contribution is 5.76. The first-order valence-electron chi connectivity index (χ1n) is 9.40. The van der Waals surface area contributed by atoms with E-state index in [1.165, 1.54) is 5.56 Å². The molecule has 138 valence electrons. The molecule has 3 heterocycles. The normalized spacial score (nSPS) is 21.4. The molecule has 0 radical (unpaired) electrons. The predicted octanol–water partition coefficient (Wildman–Crippen LogP) is 2.97. The Labute approximate surface area is 154 Å². The number of hydrogen-bond donors (Lipinski definition) is 1. The maximum atomic E-state index is 12.8. The van der Waals surface area contributed by atoms with Crippen LogP contribution in [0.4, 0.5) is 4.79 Å². The number of nitrogens with zero attached hydrogens (tertiary/aromatic N) is 3. The lowest BCUT2D eigenvalue weighted by Crippen LogP contribution is -2.64. The van der Waals surface area contributed by atoms with E-state index in [4.69, 9.17) is 4.74 Å². The molecule has 1 N–H and O–H groups in total. The summed E-state index contributed by atoms with van der Waals surface area (Å²) in [6.45, 7) is 5.76. The molecule has 2 aliphatic rings. The Kier molecular flexibility index (Phi) is 4.68. The van der Waals surface area contributed by atoms with Crippen molar-refractivity contribution < 1.29 is 9.53 Å². The standard InChI is InChI=1S/C20H26N4O2/c1-2-23-14-16(13-22-23)12-21-19(25)24-15-20(8-10-26-11-9-20)18(24)17-6-4-3-5-7-17/h3-7,13-14,18H,2,8-12,15H2,1H3,(H,21,25). The van der Waals surface area contributed by atoms with E-state index in [0.717, 1.165) is 44.7 Å². The average molecular weight is 354 g/mol. The van der Waals surface area contributed by atoms with Crippen molar-refractivity contribution in [3.8, 4) is 0 Å². The third kappa shape index (κ3) is 3.09. The fourth-order valence-electron chi connectivity index (χ4n) is 4.25. The first-order chi connectivity index (χ1) is 12.7. The molecule has 0 bridgehead atoms. The van der Waals surface area contributed by atoms with Gasteiger partial charge in [0.2, 0.25) is 0 Å². The second kappa shape index (κ2) is 7.11. The molecule has 2 fully saturated rings. The molecule has 26 heavy (non-hydrogen) atoms. The summed E-state index contributed by atoms with van der Waals surface area (Å²) in [5.41, 5.74) is 2.40. The number of ether oxygens (including phenoxy) is 1. The average Bonchev–Trinajstić information content (AvgIpc) is 3.14. The lowest BCUT2D eigenvalue weighted by atomic mass is 9.64. The molecular weight excluding hydrogens is 328 g/mol. The molecule has 2 amide bonds. The van der Waals surface area contributed by atoms with Gasteiger partial charge in [-0.25, -0.2) is 4.79 Å². The summed E-state index contributed by atoms with van der Waals surface area (Å²) < 4.78 is 7.44. The Hall–Kier alpha value is -2.34. The zero-order valence-electron chi connectivity index (χ0n) is 15.2. The smallest absolute Gasteiger partial charge is 0.318 e. The van der Waals surface area contributed by atoms with Crippen molar-refractivity contribution in [1.29, 1.82) is 0 Å². The number of carbonyl (C=O) groups is 1. The summed E-state index contributed by atoms with van der Waals surface area (Å²) in [7, 11) is 0. The van der Waals surface area contributed by atoms with E-state index in [0.29, 0.717) is 6.54 Å². The van der Waals surface area contributed by atoms with Crippen molar-refractivity contribution in [2.24, 2.45) is 5.41 Å². The summed E-state index contributed by atoms with van der Waals surface area (Å²) in [5, 5.41) is 7.32. The van der Waals surface area contributed by atoms with Crippen molar-refractivity contribution in [2.45, 2.75) is 38.9 Å². The van der Waals surface area contributed by atoms with Crippen molar-refractivity contribution in [2.75, 3.05) is 19.8 Å². The molecule has 1 atom stereocenters. The zero-order valence-corrected chi connectivity index (χ0v) is 15.2. The number of urea groups is 1. The van der Waals surface area contributed by atoms with Crippen LogP contribution >= 0.6 is 0 Å². The van der Waals surface area contributed by atoms with Crippen molar-refractivity contribution in [1.82, 2.24) is 20.0 Å². The van der Waals surface area contributed by atoms with Gasteiger partial charge in [-0.05, 0) is 25.3 Å². The Morgan fingerprint density at radius 2 is 2.08 bits per heavy atom. The monoisotopic (exact) mass is 354 g/mol. The second-order valence-corrected chi connectivity index (χ2v) is 7.28. The van der Waals surface area contributed by atoms with Gasteiger partial charge in [0.05, 0.1) is 12.2 Å². The molecule has 1 spiro atoms. The number of carbonyl (C=O) groups excluding carboxylic acids is 1. The van der Waals surface area contributed by atoms with Crippen LogP contribution in [0.3, 0.4) is 0 Å². The minimum atomic E-state index is 0.000202. The summed E-state index contributed by atoms with van der Waals surface area (Å²) in [4.78, 5) is 14.8. The molecule has 4 rings (SSSR count). The van der Waals surface area contributed by atoms with Gasteiger partial charge in [-0.3, -0.25) is 4.68 Å². The molecule has 6 heteroatoms. The molecule has 1 aromatic carbocycles. The number of aromatic nitrogens is 2. The van der Waals surface area contributed by atoms with Gasteiger partial charge in [0.15, 0.2) is 0 Å². The topological polar surface area (TPSA) is 59.4 Å². The van der Waals surface area contributed by atoms with E-state index < -0.39 is 0 Å². The van der Waals surface area contributed by atoms with Crippen molar-refractivity contribution >= 4 is 6.03 Å². The molecule has 0 saturated carbocycles. The van der Waals surface area contributed by atoms with E-state index in [1.807, 2.05) is 35.0 Å². The molecule has 6 nitrogen and oxygen atoms in total. The lowest BCUT2D eigenvalue weighted by molar-refractivity contribution is -0.111. The lowest BCUT2D eigenvalue weighted by Gasteiger charge is -2.59. The van der Waals surface area contributed by atoms with Crippen LogP contribution in [0.2, 0.25) is 0 Å². The van der Waals surface area contributed by atoms with Crippen LogP contribution in [0, 0.1) is 5.41 Å². The van der Waals surface area contributed by atoms with Gasteiger partial charge < -0.3 is 15.0 Å². The van der Waals surface area contributed by atoms with E-state index in [-0.39, 0.29) is 17.5 Å². The molecular formula is C20H26N4O2. The highest BCUT2D eigenvalue weighted by Crippen LogP contribution is 2.54. The number of likely N-dealkylation sites (tertiary alicyclic amines) is 1. The largest absolute Gasteiger partial charge is 0.381 e. The maximum Gasteiger partial charge on any atom is 0.318 e. The first kappa shape index (κ1) is 17.1. The van der Waals surface area contributed by atoms with Gasteiger partial charge in [-0.15, -0.1) is 0 Å². The number of aryl methyl sites for hydroxylation is 1. The highest BCUT2D eigenvalue weighted by atomic mass is 16.5. The highest BCUT2D eigenvalue weighted by Gasteiger charge is 2.55. The molecule has 2 aliphatic heterocycles. The SMILES string of the molecule is CCn1cc(CNC(=O)N2CC3(CCOCC3)C2c2ccccc2)cn1. The Bertz CT molecular complexity index is 752. The van der Waals surface area contributed by atoms with Gasteiger partial charge in [-0.2, -0.15) is 5.10 Å². The van der Waals surface area contributed by atoms with Gasteiger partial charge in [0.25, 0.3) is 0 Å². The number of rotatable bonds is 4. The van der Waals surface area contributed by atoms with Gasteiger partial charge in [0.1, 0.15) is 0 Å². The van der Waals surface area contributed by atoms with Crippen molar-refractivity contribution in [3.05, 3.63) is 53.9 Å². The van der Waals surface area contributed by atoms with Gasteiger partial charge in [-0.1, -0.05) is 30.3 Å². The quantitative estimate of drug-likeness (QED) is 0.918. The van der Waals surface area contributed by atoms with Crippen LogP contribution in [0.15, 0.2) is 42.7 Å². The van der Waals surface area contributed by atoms with Crippen LogP contribution in [0.5, 0.6) is 0 Å². The first-order valence-corrected chi connectivity index (χ1v) is 9.40. The molecule has 1 aromatic heterocycles. The second-order valence-electron chi connectivity index (χ2n) is 7.28. The van der Waals surface area contributed by atoms with Crippen LogP contribution in [-0.4, -0.2) is 40.5 Å². The summed E-state index contributed by atoms with van der Waals surface area (Å²) >= 11 is 0. The van der Waals surface area contributed by atoms with Gasteiger partial charge in [0, 0.05) is 50.0 Å². The molecule has 2 aromatic rings. The molecule has 0 aliphatic carbocycles. The minimum absolute atomic E-state index is 0.000202. The van der Waals surface area contributed by atoms with Crippen molar-refractivity contribution in [3.63, 3.8) is 0 Å². The van der Waals surface area contributed by atoms with E-state index in [2.05, 4.69) is 34.7 Å². The van der Waals surface area contributed by atoms with Crippen LogP contribution in [0.1, 0.15) is 36.9 Å². The number of hydrogen-bond acceptors (Lipinski definition) is 3. The molecule has 2 saturated heterocycles. The Balaban J connectivity index is 1.47. The number of nitrogens with one attached hydrogen (secondary N) is 1. The molecule has 1 unspecified atom stereocenters. The third-order valence-corrected chi connectivity index (χ3v) is 5.70. The zero-order chi connectivity index (χ0) is 18.0. The fourth-order valence-corrected chi connectivity index (χ4v) is 4.25. The Morgan fingerprint density at radius 1 is 1.31 bits per heavy atom. The predicted molar refractivity (Wildman–Crippen MR) is 98.5 cm³/mol. The van der Waals surface area contributed by atoms with Gasteiger partial charge >= 0.3 is 6.03 Å². The number of amides is 2. The Morgan fingerprint density at radius 3 is 2.77 bits per heavy atom. The summed E-state index contributed by atoms with van der Waals surface area (Å²) in [5.74, 6) is 0. The maximum absolute atomic E-state index is 12.8. The summed E-state index contributed by atoms with van der Waals surface area (Å²) in [6.07, 6.45) is 5.82. The minimum Gasteiger partial charge on any atom is -0.381 e. The van der Waals surface area contributed by atoms with E-state index in [1.54, 1.807) is 0 Å². The van der Waals surface area contributed by atoms with Crippen LogP contribution < -0.4 is 5.32 Å². The summed E-state index contributed by atoms with van der Waals surface area (Å²) in [6, 6.07) is 10.5.